The Balaban J connectivity index is 2.11. The molecule has 2 N–H and O–H groups in total. The van der Waals surface area contributed by atoms with Crippen LogP contribution in [0.1, 0.15) is 19.8 Å². The number of hydrogen-bond acceptors (Lipinski definition) is 3. The highest BCUT2D eigenvalue weighted by molar-refractivity contribution is 7.99. The third-order valence-electron chi connectivity index (χ3n) is 1.96. The topological polar surface area (TPSA) is 35.2 Å². The van der Waals surface area contributed by atoms with Gasteiger partial charge in [0.05, 0.1) is 6.61 Å². The molecule has 0 spiro atoms. The maximum atomic E-state index is 5.02. The van der Waals surface area contributed by atoms with Gasteiger partial charge in [0.1, 0.15) is 0 Å². The summed E-state index contributed by atoms with van der Waals surface area (Å²) in [6.07, 6.45) is 2.61. The average Bonchev–Trinajstić information content (AvgIpc) is 2.67. The molecule has 0 radical (unpaired) electrons. The molecule has 0 aromatic rings. The van der Waals surface area contributed by atoms with Crippen molar-refractivity contribution in [1.29, 1.82) is 0 Å². The first-order chi connectivity index (χ1) is 4.83. The van der Waals surface area contributed by atoms with Gasteiger partial charge in [0.15, 0.2) is 0 Å². The van der Waals surface area contributed by atoms with Crippen molar-refractivity contribution in [3.63, 3.8) is 0 Å². The van der Waals surface area contributed by atoms with Crippen LogP contribution in [0, 0.1) is 5.41 Å². The van der Waals surface area contributed by atoms with Crippen molar-refractivity contribution in [2.75, 3.05) is 18.1 Å². The molecule has 60 valence electrons. The van der Waals surface area contributed by atoms with E-state index < -0.39 is 0 Å². The zero-order valence-corrected chi connectivity index (χ0v) is 7.25. The molecule has 0 saturated heterocycles. The Morgan fingerprint density at radius 3 is 2.70 bits per heavy atom. The second-order valence-corrected chi connectivity index (χ2v) is 4.22. The molecule has 3 heteroatoms. The summed E-state index contributed by atoms with van der Waals surface area (Å²) in [6, 6.07) is 0. The first-order valence-electron chi connectivity index (χ1n) is 3.72. The van der Waals surface area contributed by atoms with Crippen molar-refractivity contribution in [2.45, 2.75) is 19.8 Å². The molecule has 0 aromatic carbocycles. The van der Waals surface area contributed by atoms with Crippen molar-refractivity contribution in [1.82, 2.24) is 0 Å². The summed E-state index contributed by atoms with van der Waals surface area (Å²) in [6.45, 7) is 2.93. The lowest BCUT2D eigenvalue weighted by molar-refractivity contribution is 0.100. The quantitative estimate of drug-likeness (QED) is 0.619. The largest absolute Gasteiger partial charge is 0.304 e. The van der Waals surface area contributed by atoms with Gasteiger partial charge in [0.25, 0.3) is 0 Å². The second-order valence-electron chi connectivity index (χ2n) is 2.95. The highest BCUT2D eigenvalue weighted by Gasteiger charge is 2.42. The van der Waals surface area contributed by atoms with Crippen molar-refractivity contribution < 1.29 is 4.84 Å². The van der Waals surface area contributed by atoms with Crippen LogP contribution in [0.15, 0.2) is 0 Å². The number of thioether (sulfide) groups is 1. The molecule has 0 heterocycles. The van der Waals surface area contributed by atoms with E-state index in [1.807, 2.05) is 11.8 Å². The molecule has 2 nitrogen and oxygen atoms in total. The summed E-state index contributed by atoms with van der Waals surface area (Å²) in [4.78, 5) is 4.65. The minimum absolute atomic E-state index is 0.468. The number of hydrogen-bond donors (Lipinski definition) is 1. The van der Waals surface area contributed by atoms with Gasteiger partial charge in [-0.15, -0.1) is 0 Å². The van der Waals surface area contributed by atoms with E-state index in [1.54, 1.807) is 0 Å². The van der Waals surface area contributed by atoms with Crippen molar-refractivity contribution in [3.8, 4) is 0 Å². The fourth-order valence-electron chi connectivity index (χ4n) is 1.00. The van der Waals surface area contributed by atoms with Crippen LogP contribution in [0.25, 0.3) is 0 Å². The van der Waals surface area contributed by atoms with Crippen LogP contribution >= 0.6 is 11.8 Å². The fourth-order valence-corrected chi connectivity index (χ4v) is 2.01. The standard InChI is InChI=1S/C7H15NOS/c1-2-10-6-7(3-4-7)5-9-8/h2-6,8H2,1H3. The van der Waals surface area contributed by atoms with Crippen molar-refractivity contribution >= 4 is 11.8 Å². The van der Waals surface area contributed by atoms with Gasteiger partial charge in [-0.05, 0) is 18.6 Å². The molecule has 10 heavy (non-hydrogen) atoms. The first kappa shape index (κ1) is 8.37. The lowest BCUT2D eigenvalue weighted by atomic mass is 10.2. The van der Waals surface area contributed by atoms with Crippen molar-refractivity contribution in [2.24, 2.45) is 11.3 Å². The second kappa shape index (κ2) is 3.60. The van der Waals surface area contributed by atoms with Crippen LogP contribution in [-0.4, -0.2) is 18.1 Å². The van der Waals surface area contributed by atoms with Crippen LogP contribution in [-0.2, 0) is 4.84 Å². The van der Waals surface area contributed by atoms with Crippen LogP contribution in [0.4, 0.5) is 0 Å². The summed E-state index contributed by atoms with van der Waals surface area (Å²) >= 11 is 1.98. The van der Waals surface area contributed by atoms with E-state index in [2.05, 4.69) is 11.8 Å². The van der Waals surface area contributed by atoms with E-state index >= 15 is 0 Å². The van der Waals surface area contributed by atoms with Gasteiger partial charge >= 0.3 is 0 Å². The Hall–Kier alpha value is 0.270. The third-order valence-corrected chi connectivity index (χ3v) is 3.18. The van der Waals surface area contributed by atoms with Crippen LogP contribution in [0.3, 0.4) is 0 Å². The lowest BCUT2D eigenvalue weighted by Crippen LogP contribution is -2.16. The summed E-state index contributed by atoms with van der Waals surface area (Å²) in [7, 11) is 0. The van der Waals surface area contributed by atoms with Gasteiger partial charge in [-0.25, -0.2) is 5.90 Å². The Morgan fingerprint density at radius 1 is 1.60 bits per heavy atom. The zero-order valence-electron chi connectivity index (χ0n) is 6.43. The molecule has 0 aromatic heterocycles. The molecule has 0 aliphatic heterocycles. The molecule has 0 unspecified atom stereocenters. The first-order valence-corrected chi connectivity index (χ1v) is 4.88. The number of nitrogens with two attached hydrogens (primary N) is 1. The molecule has 0 amide bonds. The summed E-state index contributed by atoms with van der Waals surface area (Å²) < 4.78 is 0. The van der Waals surface area contributed by atoms with Crippen LogP contribution in [0.5, 0.6) is 0 Å². The Labute approximate surface area is 66.5 Å². The highest BCUT2D eigenvalue weighted by atomic mass is 32.2. The number of rotatable bonds is 5. The van der Waals surface area contributed by atoms with Gasteiger partial charge in [0.2, 0.25) is 0 Å². The Bertz CT molecular complexity index is 104. The van der Waals surface area contributed by atoms with E-state index in [4.69, 9.17) is 5.90 Å². The smallest absolute Gasteiger partial charge is 0.0743 e. The SMILES string of the molecule is CCSCC1(CON)CC1. The van der Waals surface area contributed by atoms with Crippen molar-refractivity contribution in [3.05, 3.63) is 0 Å². The van der Waals surface area contributed by atoms with E-state index in [9.17, 15) is 0 Å². The van der Waals surface area contributed by atoms with E-state index in [-0.39, 0.29) is 0 Å². The lowest BCUT2D eigenvalue weighted by Gasteiger charge is -2.10. The molecule has 1 saturated carbocycles. The van der Waals surface area contributed by atoms with Crippen LogP contribution in [0.2, 0.25) is 0 Å². The van der Waals surface area contributed by atoms with E-state index in [0.29, 0.717) is 5.41 Å². The van der Waals surface area contributed by atoms with E-state index in [1.165, 1.54) is 24.3 Å². The molecular formula is C7H15NOS. The monoisotopic (exact) mass is 161 g/mol. The van der Waals surface area contributed by atoms with Gasteiger partial charge in [-0.1, -0.05) is 6.92 Å². The Kier molecular flexibility index (Phi) is 3.01. The molecule has 0 atom stereocenters. The molecule has 1 rings (SSSR count). The zero-order chi connectivity index (χ0) is 7.45. The van der Waals surface area contributed by atoms with E-state index in [0.717, 1.165) is 6.61 Å². The maximum absolute atomic E-state index is 5.02. The molecule has 1 aliphatic carbocycles. The van der Waals surface area contributed by atoms with Crippen LogP contribution < -0.4 is 5.90 Å². The molecular weight excluding hydrogens is 146 g/mol. The molecule has 0 bridgehead atoms. The van der Waals surface area contributed by atoms with Gasteiger partial charge in [-0.2, -0.15) is 11.8 Å². The molecule has 1 fully saturated rings. The maximum Gasteiger partial charge on any atom is 0.0743 e. The third kappa shape index (κ3) is 2.15. The minimum atomic E-state index is 0.468. The summed E-state index contributed by atoms with van der Waals surface area (Å²) in [5, 5.41) is 0. The average molecular weight is 161 g/mol. The molecule has 1 aliphatic rings. The van der Waals surface area contributed by atoms with Gasteiger partial charge < -0.3 is 4.84 Å². The highest BCUT2D eigenvalue weighted by Crippen LogP contribution is 2.47. The normalized spacial score (nSPS) is 21.0. The predicted octanol–water partition coefficient (Wildman–Crippen LogP) is 1.41. The summed E-state index contributed by atoms with van der Waals surface area (Å²) in [5.41, 5.74) is 0.468. The Morgan fingerprint density at radius 2 is 2.30 bits per heavy atom. The fraction of sp³-hybridized carbons (Fsp3) is 1.00. The van der Waals surface area contributed by atoms with Gasteiger partial charge in [0, 0.05) is 11.2 Å². The predicted molar refractivity (Wildman–Crippen MR) is 44.8 cm³/mol. The van der Waals surface area contributed by atoms with Gasteiger partial charge in [-0.3, -0.25) is 0 Å². The summed E-state index contributed by atoms with van der Waals surface area (Å²) in [5.74, 6) is 7.44. The minimum Gasteiger partial charge on any atom is -0.304 e.